The highest BCUT2D eigenvalue weighted by atomic mass is 35.5. The van der Waals surface area contributed by atoms with Gasteiger partial charge in [-0.3, -0.25) is 0 Å². The van der Waals surface area contributed by atoms with Crippen molar-refractivity contribution in [3.63, 3.8) is 0 Å². The number of aromatic nitrogens is 1. The van der Waals surface area contributed by atoms with Crippen LogP contribution < -0.4 is 9.64 Å². The second-order valence-electron chi connectivity index (χ2n) is 4.39. The highest BCUT2D eigenvalue weighted by Gasteiger charge is 2.13. The van der Waals surface area contributed by atoms with Crippen LogP contribution in [0, 0.1) is 0 Å². The Morgan fingerprint density at radius 2 is 1.84 bits per heavy atom. The van der Waals surface area contributed by atoms with E-state index in [0.29, 0.717) is 5.02 Å². The van der Waals surface area contributed by atoms with Crippen molar-refractivity contribution < 1.29 is 4.74 Å². The smallest absolute Gasteiger partial charge is 0.128 e. The Balaban J connectivity index is 2.17. The van der Waals surface area contributed by atoms with Gasteiger partial charge in [0.15, 0.2) is 0 Å². The second-order valence-corrected chi connectivity index (χ2v) is 4.83. The summed E-state index contributed by atoms with van der Waals surface area (Å²) in [4.78, 5) is 6.44. The van der Waals surface area contributed by atoms with E-state index < -0.39 is 0 Å². The molecular weight excluding hydrogens is 260 g/mol. The summed E-state index contributed by atoms with van der Waals surface area (Å²) in [7, 11) is 3.69. The van der Waals surface area contributed by atoms with E-state index in [4.69, 9.17) is 16.3 Å². The van der Waals surface area contributed by atoms with Crippen LogP contribution in [0.2, 0.25) is 5.02 Å². The van der Waals surface area contributed by atoms with Crippen molar-refractivity contribution in [3.05, 3.63) is 53.2 Å². The van der Waals surface area contributed by atoms with Crippen LogP contribution in [0.1, 0.15) is 18.5 Å². The minimum atomic E-state index is 0.222. The monoisotopic (exact) mass is 276 g/mol. The maximum atomic E-state index is 5.85. The van der Waals surface area contributed by atoms with Crippen LogP contribution in [-0.2, 0) is 0 Å². The number of hydrogen-bond donors (Lipinski definition) is 0. The van der Waals surface area contributed by atoms with E-state index in [-0.39, 0.29) is 6.04 Å². The lowest BCUT2D eigenvalue weighted by atomic mass is 10.1. The summed E-state index contributed by atoms with van der Waals surface area (Å²) in [6.45, 7) is 2.14. The van der Waals surface area contributed by atoms with Crippen LogP contribution in [0.25, 0.3) is 0 Å². The van der Waals surface area contributed by atoms with E-state index in [0.717, 1.165) is 11.6 Å². The van der Waals surface area contributed by atoms with E-state index in [1.165, 1.54) is 5.56 Å². The van der Waals surface area contributed by atoms with Gasteiger partial charge in [-0.2, -0.15) is 0 Å². The quantitative estimate of drug-likeness (QED) is 0.846. The SMILES string of the molecule is COc1ccc(C(C)N(C)c2ccc(Cl)cn2)cc1. The van der Waals surface area contributed by atoms with Crippen LogP contribution in [0.3, 0.4) is 0 Å². The molecule has 1 atom stereocenters. The first-order valence-electron chi connectivity index (χ1n) is 6.10. The first kappa shape index (κ1) is 13.7. The van der Waals surface area contributed by atoms with Crippen LogP contribution >= 0.6 is 11.6 Å². The molecule has 1 aromatic heterocycles. The van der Waals surface area contributed by atoms with E-state index in [1.807, 2.05) is 31.3 Å². The fourth-order valence-electron chi connectivity index (χ4n) is 1.88. The van der Waals surface area contributed by atoms with Crippen LogP contribution in [0.15, 0.2) is 42.6 Å². The van der Waals surface area contributed by atoms with Crippen molar-refractivity contribution in [2.75, 3.05) is 19.1 Å². The molecule has 0 aliphatic carbocycles. The molecule has 0 saturated carbocycles. The third kappa shape index (κ3) is 3.18. The summed E-state index contributed by atoms with van der Waals surface area (Å²) in [6, 6.07) is 12.1. The molecule has 100 valence electrons. The number of ether oxygens (including phenoxy) is 1. The molecule has 2 aromatic rings. The highest BCUT2D eigenvalue weighted by molar-refractivity contribution is 6.30. The predicted molar refractivity (Wildman–Crippen MR) is 79.1 cm³/mol. The minimum Gasteiger partial charge on any atom is -0.497 e. The number of rotatable bonds is 4. The topological polar surface area (TPSA) is 25.4 Å². The summed E-state index contributed by atoms with van der Waals surface area (Å²) in [5.41, 5.74) is 1.21. The fourth-order valence-corrected chi connectivity index (χ4v) is 1.99. The lowest BCUT2D eigenvalue weighted by Gasteiger charge is -2.26. The lowest BCUT2D eigenvalue weighted by molar-refractivity contribution is 0.414. The average molecular weight is 277 g/mol. The summed E-state index contributed by atoms with van der Waals surface area (Å²) in [5.74, 6) is 1.76. The van der Waals surface area contributed by atoms with E-state index in [9.17, 15) is 0 Å². The molecule has 1 aromatic carbocycles. The third-order valence-corrected chi connectivity index (χ3v) is 3.48. The number of halogens is 1. The standard InChI is InChI=1S/C15H17ClN2O/c1-11(12-4-7-14(19-3)8-5-12)18(2)15-9-6-13(16)10-17-15/h4-11H,1-3H3. The number of anilines is 1. The largest absolute Gasteiger partial charge is 0.497 e. The van der Waals surface area contributed by atoms with Gasteiger partial charge in [0.05, 0.1) is 18.2 Å². The van der Waals surface area contributed by atoms with Gasteiger partial charge in [0.1, 0.15) is 11.6 Å². The molecule has 3 nitrogen and oxygen atoms in total. The molecule has 2 rings (SSSR count). The van der Waals surface area contributed by atoms with Gasteiger partial charge in [-0.25, -0.2) is 4.98 Å². The van der Waals surface area contributed by atoms with E-state index >= 15 is 0 Å². The zero-order valence-electron chi connectivity index (χ0n) is 11.3. The normalized spacial score (nSPS) is 12.0. The Hall–Kier alpha value is -1.74. The van der Waals surface area contributed by atoms with E-state index in [1.54, 1.807) is 13.3 Å². The molecule has 19 heavy (non-hydrogen) atoms. The van der Waals surface area contributed by atoms with Gasteiger partial charge in [0, 0.05) is 13.2 Å². The maximum absolute atomic E-state index is 5.85. The predicted octanol–water partition coefficient (Wildman–Crippen LogP) is 3.94. The van der Waals surface area contributed by atoms with E-state index in [2.05, 4.69) is 28.9 Å². The van der Waals surface area contributed by atoms with Gasteiger partial charge in [-0.05, 0) is 36.8 Å². The zero-order valence-corrected chi connectivity index (χ0v) is 12.1. The summed E-state index contributed by atoms with van der Waals surface area (Å²) < 4.78 is 5.17. The van der Waals surface area contributed by atoms with Gasteiger partial charge < -0.3 is 9.64 Å². The van der Waals surface area contributed by atoms with Crippen LogP contribution in [0.5, 0.6) is 5.75 Å². The van der Waals surface area contributed by atoms with Crippen LogP contribution in [0.4, 0.5) is 5.82 Å². The fraction of sp³-hybridized carbons (Fsp3) is 0.267. The molecule has 4 heteroatoms. The molecule has 0 spiro atoms. The van der Waals surface area contributed by atoms with Crippen molar-refractivity contribution in [2.45, 2.75) is 13.0 Å². The Labute approximate surface area is 118 Å². The van der Waals surface area contributed by atoms with Crippen LogP contribution in [-0.4, -0.2) is 19.1 Å². The molecule has 0 radical (unpaired) electrons. The van der Waals surface area contributed by atoms with Gasteiger partial charge in [0.2, 0.25) is 0 Å². The van der Waals surface area contributed by atoms with Crippen molar-refractivity contribution in [3.8, 4) is 5.75 Å². The maximum Gasteiger partial charge on any atom is 0.128 e. The number of benzene rings is 1. The van der Waals surface area contributed by atoms with Gasteiger partial charge in [-0.15, -0.1) is 0 Å². The Morgan fingerprint density at radius 3 is 2.37 bits per heavy atom. The average Bonchev–Trinajstić information content (AvgIpc) is 2.46. The first-order chi connectivity index (χ1) is 9.11. The zero-order chi connectivity index (χ0) is 13.8. The molecule has 0 bridgehead atoms. The molecule has 0 aliphatic heterocycles. The Morgan fingerprint density at radius 1 is 1.16 bits per heavy atom. The van der Waals surface area contributed by atoms with Crippen molar-refractivity contribution in [2.24, 2.45) is 0 Å². The minimum absolute atomic E-state index is 0.222. The molecular formula is C15H17ClN2O. The Kier molecular flexibility index (Phi) is 4.27. The number of pyridine rings is 1. The molecule has 0 aliphatic rings. The lowest BCUT2D eigenvalue weighted by Crippen LogP contribution is -2.22. The number of nitrogens with zero attached hydrogens (tertiary/aromatic N) is 2. The molecule has 0 N–H and O–H groups in total. The highest BCUT2D eigenvalue weighted by Crippen LogP contribution is 2.25. The van der Waals surface area contributed by atoms with Crippen molar-refractivity contribution in [1.29, 1.82) is 0 Å². The molecule has 0 saturated heterocycles. The van der Waals surface area contributed by atoms with Gasteiger partial charge in [0.25, 0.3) is 0 Å². The van der Waals surface area contributed by atoms with Gasteiger partial charge >= 0.3 is 0 Å². The molecule has 1 heterocycles. The van der Waals surface area contributed by atoms with Crippen molar-refractivity contribution in [1.82, 2.24) is 4.98 Å². The summed E-state index contributed by atoms with van der Waals surface area (Å²) >= 11 is 5.85. The summed E-state index contributed by atoms with van der Waals surface area (Å²) in [6.07, 6.45) is 1.66. The summed E-state index contributed by atoms with van der Waals surface area (Å²) in [5, 5.41) is 0.647. The number of hydrogen-bond acceptors (Lipinski definition) is 3. The van der Waals surface area contributed by atoms with Crippen molar-refractivity contribution >= 4 is 17.4 Å². The molecule has 0 amide bonds. The Bertz CT molecular complexity index is 525. The molecule has 1 unspecified atom stereocenters. The first-order valence-corrected chi connectivity index (χ1v) is 6.48. The second kappa shape index (κ2) is 5.93. The number of methoxy groups -OCH3 is 1. The third-order valence-electron chi connectivity index (χ3n) is 3.25. The molecule has 0 fully saturated rings. The van der Waals surface area contributed by atoms with Gasteiger partial charge in [-0.1, -0.05) is 23.7 Å².